The molecule has 0 unspecified atom stereocenters. The molecule has 0 aromatic heterocycles. The predicted octanol–water partition coefficient (Wildman–Crippen LogP) is 1.39. The largest absolute Gasteiger partial charge is 0.497 e. The number of nitrogens with two attached hydrogens (primary N) is 1. The van der Waals surface area contributed by atoms with Crippen molar-refractivity contribution in [3.05, 3.63) is 29.3 Å². The molecule has 0 aliphatic heterocycles. The fraction of sp³-hybridized carbons (Fsp3) is 0.500. The van der Waals surface area contributed by atoms with E-state index in [1.807, 2.05) is 18.2 Å². The van der Waals surface area contributed by atoms with Gasteiger partial charge in [0.1, 0.15) is 5.75 Å². The van der Waals surface area contributed by atoms with Crippen LogP contribution in [0.25, 0.3) is 0 Å². The van der Waals surface area contributed by atoms with Crippen molar-refractivity contribution in [3.8, 4) is 5.75 Å². The minimum atomic E-state index is -0.534. The Kier molecular flexibility index (Phi) is 2.93. The highest BCUT2D eigenvalue weighted by molar-refractivity contribution is 5.38. The zero-order valence-corrected chi connectivity index (χ0v) is 8.94. The summed E-state index contributed by atoms with van der Waals surface area (Å²) in [6, 6.07) is 5.65. The molecule has 0 saturated carbocycles. The van der Waals surface area contributed by atoms with E-state index in [1.165, 1.54) is 0 Å². The van der Waals surface area contributed by atoms with Crippen LogP contribution in [0.1, 0.15) is 30.1 Å². The Labute approximate surface area is 89.9 Å². The third-order valence-electron chi connectivity index (χ3n) is 3.06. The lowest BCUT2D eigenvalue weighted by Gasteiger charge is -2.17. The quantitative estimate of drug-likeness (QED) is 0.684. The van der Waals surface area contributed by atoms with Gasteiger partial charge in [0.2, 0.25) is 0 Å². The normalized spacial score (nSPS) is 25.5. The Morgan fingerprint density at radius 1 is 1.47 bits per heavy atom. The maximum Gasteiger partial charge on any atom is 0.119 e. The molecule has 0 amide bonds. The first-order chi connectivity index (χ1) is 7.22. The van der Waals surface area contributed by atoms with E-state index >= 15 is 0 Å². The summed E-state index contributed by atoms with van der Waals surface area (Å²) in [6.07, 6.45) is 2.34. The minimum absolute atomic E-state index is 0.139. The van der Waals surface area contributed by atoms with Gasteiger partial charge in [-0.15, -0.1) is 0 Å². The maximum atomic E-state index is 10.0. The van der Waals surface area contributed by atoms with Crippen molar-refractivity contribution in [2.75, 3.05) is 7.11 Å². The van der Waals surface area contributed by atoms with Crippen LogP contribution in [0.4, 0.5) is 0 Å². The maximum absolute atomic E-state index is 10.0. The second kappa shape index (κ2) is 4.21. The smallest absolute Gasteiger partial charge is 0.119 e. The topological polar surface area (TPSA) is 55.5 Å². The molecule has 0 heterocycles. The van der Waals surface area contributed by atoms with Crippen molar-refractivity contribution in [1.82, 2.24) is 0 Å². The Morgan fingerprint density at radius 2 is 2.27 bits per heavy atom. The van der Waals surface area contributed by atoms with Gasteiger partial charge in [0.15, 0.2) is 0 Å². The molecular formula is C12H17NO2. The highest BCUT2D eigenvalue weighted by Gasteiger charge is 2.23. The monoisotopic (exact) mass is 207 g/mol. The predicted molar refractivity (Wildman–Crippen MR) is 58.9 cm³/mol. The molecule has 15 heavy (non-hydrogen) atoms. The Balaban J connectivity index is 2.39. The van der Waals surface area contributed by atoms with Crippen LogP contribution in [0.5, 0.6) is 5.75 Å². The molecule has 0 bridgehead atoms. The average Bonchev–Trinajstić information content (AvgIpc) is 2.40. The zero-order chi connectivity index (χ0) is 10.8. The summed E-state index contributed by atoms with van der Waals surface area (Å²) >= 11 is 0. The van der Waals surface area contributed by atoms with Crippen molar-refractivity contribution in [1.29, 1.82) is 0 Å². The Hall–Kier alpha value is -1.06. The standard InChI is InChI=1S/C12H17NO2/c1-15-9-5-6-10-8(7-9)3-2-4-11(13)12(10)14/h5-7,11-12,14H,2-4,13H2,1H3/t11-,12+/m1/s1. The summed E-state index contributed by atoms with van der Waals surface area (Å²) < 4.78 is 5.17. The number of rotatable bonds is 1. The molecule has 0 spiro atoms. The van der Waals surface area contributed by atoms with Crippen LogP contribution < -0.4 is 10.5 Å². The summed E-state index contributed by atoms with van der Waals surface area (Å²) in [4.78, 5) is 0. The first-order valence-corrected chi connectivity index (χ1v) is 5.33. The van der Waals surface area contributed by atoms with Gasteiger partial charge in [-0.25, -0.2) is 0 Å². The number of aliphatic hydroxyl groups excluding tert-OH is 1. The molecule has 2 rings (SSSR count). The molecule has 1 aromatic carbocycles. The SMILES string of the molecule is COc1ccc2c(c1)CCC[C@@H](N)[C@H]2O. The molecule has 2 atom stereocenters. The third kappa shape index (κ3) is 1.98. The van der Waals surface area contributed by atoms with Crippen LogP contribution in [0, 0.1) is 0 Å². The van der Waals surface area contributed by atoms with Gasteiger partial charge in [-0.05, 0) is 42.5 Å². The van der Waals surface area contributed by atoms with E-state index in [9.17, 15) is 5.11 Å². The van der Waals surface area contributed by atoms with Crippen molar-refractivity contribution in [3.63, 3.8) is 0 Å². The number of benzene rings is 1. The summed E-state index contributed by atoms with van der Waals surface area (Å²) in [5.74, 6) is 0.844. The van der Waals surface area contributed by atoms with Gasteiger partial charge < -0.3 is 15.6 Å². The van der Waals surface area contributed by atoms with Crippen molar-refractivity contribution in [2.24, 2.45) is 5.73 Å². The van der Waals surface area contributed by atoms with Crippen molar-refractivity contribution < 1.29 is 9.84 Å². The number of hydrogen-bond donors (Lipinski definition) is 2. The van der Waals surface area contributed by atoms with E-state index in [-0.39, 0.29) is 6.04 Å². The molecule has 1 aliphatic carbocycles. The fourth-order valence-electron chi connectivity index (χ4n) is 2.13. The summed E-state index contributed by atoms with van der Waals surface area (Å²) in [5.41, 5.74) is 8.00. The number of fused-ring (bicyclic) bond motifs is 1. The summed E-state index contributed by atoms with van der Waals surface area (Å²) in [6.45, 7) is 0. The molecule has 3 nitrogen and oxygen atoms in total. The zero-order valence-electron chi connectivity index (χ0n) is 8.94. The lowest BCUT2D eigenvalue weighted by molar-refractivity contribution is 0.144. The molecule has 0 saturated heterocycles. The highest BCUT2D eigenvalue weighted by Crippen LogP contribution is 2.30. The second-order valence-corrected chi connectivity index (χ2v) is 4.07. The van der Waals surface area contributed by atoms with Crippen molar-refractivity contribution in [2.45, 2.75) is 31.4 Å². The van der Waals surface area contributed by atoms with Crippen LogP contribution in [-0.4, -0.2) is 18.3 Å². The van der Waals surface area contributed by atoms with E-state index < -0.39 is 6.10 Å². The Morgan fingerprint density at radius 3 is 3.00 bits per heavy atom. The molecule has 0 fully saturated rings. The van der Waals surface area contributed by atoms with Gasteiger partial charge in [-0.1, -0.05) is 6.07 Å². The number of hydrogen-bond acceptors (Lipinski definition) is 3. The molecule has 1 aromatic rings. The van der Waals surface area contributed by atoms with E-state index in [0.717, 1.165) is 36.1 Å². The van der Waals surface area contributed by atoms with E-state index in [0.29, 0.717) is 0 Å². The van der Waals surface area contributed by atoms with Gasteiger partial charge >= 0.3 is 0 Å². The Bertz CT molecular complexity index is 351. The molecule has 3 N–H and O–H groups in total. The molecule has 82 valence electrons. The number of ether oxygens (including phenoxy) is 1. The van der Waals surface area contributed by atoms with Crippen LogP contribution in [0.3, 0.4) is 0 Å². The fourth-order valence-corrected chi connectivity index (χ4v) is 2.13. The van der Waals surface area contributed by atoms with Crippen LogP contribution >= 0.6 is 0 Å². The van der Waals surface area contributed by atoms with Gasteiger partial charge in [-0.3, -0.25) is 0 Å². The first-order valence-electron chi connectivity index (χ1n) is 5.33. The molecule has 0 radical (unpaired) electrons. The molecule has 1 aliphatic rings. The lowest BCUT2D eigenvalue weighted by Crippen LogP contribution is -2.27. The lowest BCUT2D eigenvalue weighted by atomic mass is 9.99. The van der Waals surface area contributed by atoms with Crippen LogP contribution in [0.2, 0.25) is 0 Å². The average molecular weight is 207 g/mol. The van der Waals surface area contributed by atoms with Crippen LogP contribution in [-0.2, 0) is 6.42 Å². The van der Waals surface area contributed by atoms with E-state index in [2.05, 4.69) is 0 Å². The van der Waals surface area contributed by atoms with Gasteiger partial charge in [-0.2, -0.15) is 0 Å². The molecular weight excluding hydrogens is 190 g/mol. The highest BCUT2D eigenvalue weighted by atomic mass is 16.5. The van der Waals surface area contributed by atoms with Gasteiger partial charge in [0.25, 0.3) is 0 Å². The summed E-state index contributed by atoms with van der Waals surface area (Å²) in [7, 11) is 1.65. The number of aryl methyl sites for hydroxylation is 1. The molecule has 3 heteroatoms. The number of methoxy groups -OCH3 is 1. The van der Waals surface area contributed by atoms with Gasteiger partial charge in [0, 0.05) is 6.04 Å². The van der Waals surface area contributed by atoms with Crippen LogP contribution in [0.15, 0.2) is 18.2 Å². The first kappa shape index (κ1) is 10.5. The van der Waals surface area contributed by atoms with E-state index in [1.54, 1.807) is 7.11 Å². The number of aliphatic hydroxyl groups is 1. The minimum Gasteiger partial charge on any atom is -0.497 e. The second-order valence-electron chi connectivity index (χ2n) is 4.07. The third-order valence-corrected chi connectivity index (χ3v) is 3.06. The van der Waals surface area contributed by atoms with Crippen molar-refractivity contribution >= 4 is 0 Å². The summed E-state index contributed by atoms with van der Waals surface area (Å²) in [5, 5.41) is 10.0. The van der Waals surface area contributed by atoms with E-state index in [4.69, 9.17) is 10.5 Å². The van der Waals surface area contributed by atoms with Gasteiger partial charge in [0.05, 0.1) is 13.2 Å².